The van der Waals surface area contributed by atoms with Gasteiger partial charge in [-0.1, -0.05) is 26.7 Å². The Labute approximate surface area is 100 Å². The molecule has 0 aromatic rings. The zero-order valence-corrected chi connectivity index (χ0v) is 11.0. The predicted octanol–water partition coefficient (Wildman–Crippen LogP) is 2.83. The summed E-state index contributed by atoms with van der Waals surface area (Å²) in [7, 11) is 0. The van der Waals surface area contributed by atoms with Crippen LogP contribution in [0.1, 0.15) is 46.5 Å². The third-order valence-corrected chi connectivity index (χ3v) is 4.86. The van der Waals surface area contributed by atoms with Crippen LogP contribution >= 0.6 is 0 Å². The van der Waals surface area contributed by atoms with Gasteiger partial charge in [0.1, 0.15) is 0 Å². The lowest BCUT2D eigenvalue weighted by atomic mass is 9.77. The fourth-order valence-electron chi connectivity index (χ4n) is 3.24. The van der Waals surface area contributed by atoms with E-state index in [2.05, 4.69) is 26.1 Å². The molecule has 94 valence electrons. The predicted molar refractivity (Wildman–Crippen MR) is 67.5 cm³/mol. The average molecular weight is 225 g/mol. The first-order valence-electron chi connectivity index (χ1n) is 7.02. The van der Waals surface area contributed by atoms with E-state index in [0.29, 0.717) is 6.04 Å². The molecule has 2 nitrogen and oxygen atoms in total. The smallest absolute Gasteiger partial charge is 0.0509 e. The first-order valence-corrected chi connectivity index (χ1v) is 7.02. The van der Waals surface area contributed by atoms with Crippen LogP contribution in [0.25, 0.3) is 0 Å². The molecule has 1 aliphatic carbocycles. The third-order valence-electron chi connectivity index (χ3n) is 4.86. The summed E-state index contributed by atoms with van der Waals surface area (Å²) in [6.45, 7) is 9.09. The summed E-state index contributed by atoms with van der Waals surface area (Å²) < 4.78 is 5.48. The van der Waals surface area contributed by atoms with Crippen LogP contribution in [0.2, 0.25) is 0 Å². The summed E-state index contributed by atoms with van der Waals surface area (Å²) in [5.74, 6) is 2.46. The number of ether oxygens (including phenoxy) is 1. The van der Waals surface area contributed by atoms with Crippen LogP contribution in [0.5, 0.6) is 0 Å². The highest BCUT2D eigenvalue weighted by Gasteiger charge is 2.30. The van der Waals surface area contributed by atoms with Crippen molar-refractivity contribution in [2.45, 2.75) is 58.5 Å². The van der Waals surface area contributed by atoms with Crippen molar-refractivity contribution in [3.8, 4) is 0 Å². The van der Waals surface area contributed by atoms with E-state index in [9.17, 15) is 0 Å². The molecule has 16 heavy (non-hydrogen) atoms. The lowest BCUT2D eigenvalue weighted by Crippen LogP contribution is -2.47. The van der Waals surface area contributed by atoms with Crippen molar-refractivity contribution in [3.05, 3.63) is 0 Å². The minimum atomic E-state index is 0.625. The minimum Gasteiger partial charge on any atom is -0.381 e. The van der Waals surface area contributed by atoms with Gasteiger partial charge in [0.05, 0.1) is 6.61 Å². The molecule has 5 atom stereocenters. The van der Waals surface area contributed by atoms with Crippen LogP contribution < -0.4 is 5.32 Å². The van der Waals surface area contributed by atoms with Crippen LogP contribution in [0.3, 0.4) is 0 Å². The number of nitrogens with one attached hydrogen (secondary N) is 1. The van der Waals surface area contributed by atoms with Crippen molar-refractivity contribution in [2.24, 2.45) is 17.8 Å². The summed E-state index contributed by atoms with van der Waals surface area (Å²) in [6, 6.07) is 1.36. The third kappa shape index (κ3) is 2.78. The van der Waals surface area contributed by atoms with E-state index in [0.717, 1.165) is 37.0 Å². The largest absolute Gasteiger partial charge is 0.381 e. The highest BCUT2D eigenvalue weighted by molar-refractivity contribution is 4.86. The van der Waals surface area contributed by atoms with E-state index in [1.54, 1.807) is 0 Å². The van der Waals surface area contributed by atoms with Gasteiger partial charge >= 0.3 is 0 Å². The zero-order valence-electron chi connectivity index (χ0n) is 11.0. The Morgan fingerprint density at radius 2 is 2.00 bits per heavy atom. The Hall–Kier alpha value is -0.0800. The lowest BCUT2D eigenvalue weighted by Gasteiger charge is -2.37. The summed E-state index contributed by atoms with van der Waals surface area (Å²) in [5, 5.41) is 3.86. The summed E-state index contributed by atoms with van der Waals surface area (Å²) in [6.07, 6.45) is 5.42. The van der Waals surface area contributed by atoms with Gasteiger partial charge in [0, 0.05) is 18.7 Å². The number of hydrogen-bond acceptors (Lipinski definition) is 2. The molecule has 1 aliphatic heterocycles. The molecule has 2 aliphatic rings. The molecule has 0 amide bonds. The first-order chi connectivity index (χ1) is 7.68. The topological polar surface area (TPSA) is 21.3 Å². The molecule has 1 heterocycles. The quantitative estimate of drug-likeness (QED) is 0.797. The standard InChI is InChI=1S/C14H27NO/c1-10-5-4-6-14(11(10)2)15-12(3)13-7-8-16-9-13/h10-15H,4-9H2,1-3H3. The SMILES string of the molecule is CC1CCCC(NC(C)C2CCOC2)C1C. The molecule has 2 rings (SSSR count). The van der Waals surface area contributed by atoms with E-state index in [4.69, 9.17) is 4.74 Å². The summed E-state index contributed by atoms with van der Waals surface area (Å²) >= 11 is 0. The Balaban J connectivity index is 1.83. The fourth-order valence-corrected chi connectivity index (χ4v) is 3.24. The van der Waals surface area contributed by atoms with E-state index in [1.807, 2.05) is 0 Å². The van der Waals surface area contributed by atoms with Gasteiger partial charge in [0.25, 0.3) is 0 Å². The molecule has 5 unspecified atom stereocenters. The number of rotatable bonds is 3. The van der Waals surface area contributed by atoms with Crippen LogP contribution in [-0.4, -0.2) is 25.3 Å². The maximum absolute atomic E-state index is 5.48. The lowest BCUT2D eigenvalue weighted by molar-refractivity contribution is 0.158. The normalized spacial score (nSPS) is 42.2. The zero-order chi connectivity index (χ0) is 11.5. The van der Waals surface area contributed by atoms with Crippen molar-refractivity contribution in [1.82, 2.24) is 5.32 Å². The minimum absolute atomic E-state index is 0.625. The van der Waals surface area contributed by atoms with Gasteiger partial charge in [-0.2, -0.15) is 0 Å². The van der Waals surface area contributed by atoms with E-state index >= 15 is 0 Å². The Morgan fingerprint density at radius 3 is 2.69 bits per heavy atom. The summed E-state index contributed by atoms with van der Waals surface area (Å²) in [5.41, 5.74) is 0. The fraction of sp³-hybridized carbons (Fsp3) is 1.00. The Morgan fingerprint density at radius 1 is 1.19 bits per heavy atom. The van der Waals surface area contributed by atoms with Crippen LogP contribution in [-0.2, 0) is 4.74 Å². The van der Waals surface area contributed by atoms with Crippen LogP contribution in [0.15, 0.2) is 0 Å². The Bertz CT molecular complexity index is 213. The maximum Gasteiger partial charge on any atom is 0.0509 e. The molecule has 1 saturated carbocycles. The monoisotopic (exact) mass is 225 g/mol. The molecule has 0 aromatic carbocycles. The molecule has 0 bridgehead atoms. The first kappa shape index (κ1) is 12.4. The molecular formula is C14H27NO. The average Bonchev–Trinajstić information content (AvgIpc) is 2.78. The van der Waals surface area contributed by atoms with Gasteiger partial charge in [0.2, 0.25) is 0 Å². The van der Waals surface area contributed by atoms with E-state index in [-0.39, 0.29) is 0 Å². The summed E-state index contributed by atoms with van der Waals surface area (Å²) in [4.78, 5) is 0. The molecular weight excluding hydrogens is 198 g/mol. The van der Waals surface area contributed by atoms with Crippen molar-refractivity contribution < 1.29 is 4.74 Å². The van der Waals surface area contributed by atoms with Crippen molar-refractivity contribution >= 4 is 0 Å². The van der Waals surface area contributed by atoms with Crippen LogP contribution in [0.4, 0.5) is 0 Å². The van der Waals surface area contributed by atoms with Crippen molar-refractivity contribution in [1.29, 1.82) is 0 Å². The van der Waals surface area contributed by atoms with E-state index < -0.39 is 0 Å². The molecule has 1 N–H and O–H groups in total. The van der Waals surface area contributed by atoms with Crippen molar-refractivity contribution in [3.63, 3.8) is 0 Å². The second-order valence-corrected chi connectivity index (χ2v) is 5.95. The molecule has 2 fully saturated rings. The van der Waals surface area contributed by atoms with Gasteiger partial charge in [-0.15, -0.1) is 0 Å². The van der Waals surface area contributed by atoms with Crippen LogP contribution in [0, 0.1) is 17.8 Å². The van der Waals surface area contributed by atoms with Gasteiger partial charge in [-0.25, -0.2) is 0 Å². The molecule has 2 heteroatoms. The molecule has 0 aromatic heterocycles. The second-order valence-electron chi connectivity index (χ2n) is 5.95. The van der Waals surface area contributed by atoms with E-state index in [1.165, 1.54) is 25.7 Å². The molecule has 1 saturated heterocycles. The Kier molecular flexibility index (Phi) is 4.26. The van der Waals surface area contributed by atoms with Gasteiger partial charge in [-0.3, -0.25) is 0 Å². The van der Waals surface area contributed by atoms with Gasteiger partial charge in [0.15, 0.2) is 0 Å². The highest BCUT2D eigenvalue weighted by Crippen LogP contribution is 2.30. The van der Waals surface area contributed by atoms with Crippen molar-refractivity contribution in [2.75, 3.05) is 13.2 Å². The maximum atomic E-state index is 5.48. The second kappa shape index (κ2) is 5.50. The van der Waals surface area contributed by atoms with Gasteiger partial charge < -0.3 is 10.1 Å². The van der Waals surface area contributed by atoms with Gasteiger partial charge in [-0.05, 0) is 37.5 Å². The molecule has 0 spiro atoms. The molecule has 0 radical (unpaired) electrons. The number of hydrogen-bond donors (Lipinski definition) is 1. The highest BCUT2D eigenvalue weighted by atomic mass is 16.5.